The second kappa shape index (κ2) is 9.95. The lowest BCUT2D eigenvalue weighted by molar-refractivity contribution is -0.136. The quantitative estimate of drug-likeness (QED) is 0.368. The van der Waals surface area contributed by atoms with Crippen LogP contribution in [-0.2, 0) is 24.2 Å². The Morgan fingerprint density at radius 2 is 1.84 bits per heavy atom. The normalized spacial score (nSPS) is 11.0. The molecular formula is C23H25N7O2. The van der Waals surface area contributed by atoms with E-state index >= 15 is 0 Å². The summed E-state index contributed by atoms with van der Waals surface area (Å²) in [7, 11) is 0. The molecule has 0 spiro atoms. The Hall–Kier alpha value is -3.88. The zero-order chi connectivity index (χ0) is 22.3. The molecule has 2 aromatic heterocycles. The minimum atomic E-state index is -0.924. The molecule has 0 unspecified atom stereocenters. The van der Waals surface area contributed by atoms with Gasteiger partial charge in [-0.15, -0.1) is 10.2 Å². The highest BCUT2D eigenvalue weighted by Gasteiger charge is 2.14. The maximum Gasteiger partial charge on any atom is 0.311 e. The lowest BCUT2D eigenvalue weighted by Crippen LogP contribution is -2.08. The molecule has 2 aromatic carbocycles. The Bertz CT molecular complexity index is 1170. The topological polar surface area (TPSA) is 122 Å². The van der Waals surface area contributed by atoms with Crippen LogP contribution in [0.15, 0.2) is 48.5 Å². The van der Waals surface area contributed by atoms with Crippen LogP contribution in [0.1, 0.15) is 43.4 Å². The van der Waals surface area contributed by atoms with Crippen LogP contribution >= 0.6 is 0 Å². The highest BCUT2D eigenvalue weighted by molar-refractivity contribution is 5.80. The SMILES string of the molecule is CCCCCc1nc(CC(=O)O)nn1Cc1ccc(-c2ccccc2-c2nn[nH]n2)cc1. The molecule has 0 aliphatic heterocycles. The molecule has 164 valence electrons. The summed E-state index contributed by atoms with van der Waals surface area (Å²) in [6, 6.07) is 16.1. The fourth-order valence-corrected chi connectivity index (χ4v) is 3.65. The van der Waals surface area contributed by atoms with E-state index in [1.807, 2.05) is 28.9 Å². The van der Waals surface area contributed by atoms with Crippen LogP contribution in [0.3, 0.4) is 0 Å². The molecular weight excluding hydrogens is 406 g/mol. The Morgan fingerprint density at radius 3 is 2.53 bits per heavy atom. The minimum Gasteiger partial charge on any atom is -0.481 e. The smallest absolute Gasteiger partial charge is 0.311 e. The number of tetrazole rings is 1. The third-order valence-corrected chi connectivity index (χ3v) is 5.22. The molecule has 4 aromatic rings. The standard InChI is InChI=1S/C23H25N7O2/c1-2-3-4-9-21-24-20(14-22(31)32)27-30(21)15-16-10-12-17(13-11-16)18-7-5-6-8-19(18)23-25-28-29-26-23/h5-8,10-13H,2-4,9,14-15H2,1H3,(H,31,32)(H,25,26,28,29). The van der Waals surface area contributed by atoms with Crippen LogP contribution < -0.4 is 0 Å². The van der Waals surface area contributed by atoms with Gasteiger partial charge in [-0.05, 0) is 28.3 Å². The van der Waals surface area contributed by atoms with Crippen molar-refractivity contribution in [3.05, 3.63) is 65.7 Å². The molecule has 0 aliphatic rings. The number of H-pyrrole nitrogens is 1. The molecule has 9 heteroatoms. The van der Waals surface area contributed by atoms with Gasteiger partial charge < -0.3 is 5.11 Å². The van der Waals surface area contributed by atoms with Crippen LogP contribution in [0.5, 0.6) is 0 Å². The van der Waals surface area contributed by atoms with E-state index in [1.165, 1.54) is 0 Å². The Labute approximate surface area is 185 Å². The molecule has 0 atom stereocenters. The maximum atomic E-state index is 11.1. The first-order valence-corrected chi connectivity index (χ1v) is 10.7. The summed E-state index contributed by atoms with van der Waals surface area (Å²) < 4.78 is 1.83. The number of carbonyl (C=O) groups is 1. The van der Waals surface area contributed by atoms with Crippen LogP contribution in [0.4, 0.5) is 0 Å². The number of aromatic amines is 1. The van der Waals surface area contributed by atoms with E-state index in [0.717, 1.165) is 53.8 Å². The molecule has 0 bridgehead atoms. The third-order valence-electron chi connectivity index (χ3n) is 5.22. The van der Waals surface area contributed by atoms with Gasteiger partial charge in [0.1, 0.15) is 12.2 Å². The number of aryl methyl sites for hydroxylation is 1. The van der Waals surface area contributed by atoms with E-state index in [2.05, 4.69) is 61.9 Å². The van der Waals surface area contributed by atoms with Gasteiger partial charge in [0.25, 0.3) is 0 Å². The molecule has 32 heavy (non-hydrogen) atoms. The fraction of sp³-hybridized carbons (Fsp3) is 0.304. The number of unbranched alkanes of at least 4 members (excludes halogenated alkanes) is 2. The van der Waals surface area contributed by atoms with Crippen molar-refractivity contribution in [2.75, 3.05) is 0 Å². The van der Waals surface area contributed by atoms with Gasteiger partial charge in [-0.2, -0.15) is 10.3 Å². The van der Waals surface area contributed by atoms with Crippen molar-refractivity contribution < 1.29 is 9.90 Å². The molecule has 0 fully saturated rings. The van der Waals surface area contributed by atoms with Crippen LogP contribution in [0, 0.1) is 0 Å². The average Bonchev–Trinajstić information content (AvgIpc) is 3.45. The number of carboxylic acid groups (broad SMARTS) is 1. The van der Waals surface area contributed by atoms with Gasteiger partial charge in [-0.3, -0.25) is 4.79 Å². The monoisotopic (exact) mass is 431 g/mol. The third kappa shape index (κ3) is 5.05. The second-order valence-corrected chi connectivity index (χ2v) is 7.61. The molecule has 0 saturated heterocycles. The number of nitrogens with one attached hydrogen (secondary N) is 1. The number of aromatic nitrogens is 7. The summed E-state index contributed by atoms with van der Waals surface area (Å²) in [6.45, 7) is 2.69. The highest BCUT2D eigenvalue weighted by Crippen LogP contribution is 2.29. The van der Waals surface area contributed by atoms with Crippen LogP contribution in [-0.4, -0.2) is 46.5 Å². The van der Waals surface area contributed by atoms with Crippen molar-refractivity contribution in [1.82, 2.24) is 35.4 Å². The number of benzene rings is 2. The van der Waals surface area contributed by atoms with Crippen LogP contribution in [0.2, 0.25) is 0 Å². The Kier molecular flexibility index (Phi) is 6.64. The summed E-state index contributed by atoms with van der Waals surface area (Å²) in [5.41, 5.74) is 4.03. The number of aliphatic carboxylic acids is 1. The van der Waals surface area contributed by atoms with E-state index in [-0.39, 0.29) is 6.42 Å². The van der Waals surface area contributed by atoms with Gasteiger partial charge >= 0.3 is 5.97 Å². The summed E-state index contributed by atoms with van der Waals surface area (Å²) in [4.78, 5) is 15.6. The van der Waals surface area contributed by atoms with Gasteiger partial charge in [-0.1, -0.05) is 68.3 Å². The minimum absolute atomic E-state index is 0.167. The summed E-state index contributed by atoms with van der Waals surface area (Å²) >= 11 is 0. The number of nitrogens with zero attached hydrogens (tertiary/aromatic N) is 6. The molecule has 0 amide bonds. The molecule has 2 N–H and O–H groups in total. The molecule has 2 heterocycles. The van der Waals surface area contributed by atoms with Crippen LogP contribution in [0.25, 0.3) is 22.5 Å². The van der Waals surface area contributed by atoms with Crippen molar-refractivity contribution in [1.29, 1.82) is 0 Å². The van der Waals surface area contributed by atoms with Crippen molar-refractivity contribution in [2.45, 2.75) is 45.6 Å². The van der Waals surface area contributed by atoms with Gasteiger partial charge in [0.2, 0.25) is 5.82 Å². The first-order valence-electron chi connectivity index (χ1n) is 10.7. The lowest BCUT2D eigenvalue weighted by Gasteiger charge is -2.09. The Balaban J connectivity index is 1.56. The summed E-state index contributed by atoms with van der Waals surface area (Å²) in [5.74, 6) is 0.817. The van der Waals surface area contributed by atoms with E-state index in [9.17, 15) is 4.79 Å². The molecule has 0 saturated carbocycles. The van der Waals surface area contributed by atoms with Gasteiger partial charge in [0.15, 0.2) is 5.82 Å². The summed E-state index contributed by atoms with van der Waals surface area (Å²) in [6.07, 6.45) is 3.85. The zero-order valence-electron chi connectivity index (χ0n) is 17.9. The maximum absolute atomic E-state index is 11.1. The second-order valence-electron chi connectivity index (χ2n) is 7.61. The fourth-order valence-electron chi connectivity index (χ4n) is 3.65. The first kappa shape index (κ1) is 21.4. The summed E-state index contributed by atoms with van der Waals surface area (Å²) in [5, 5.41) is 27.9. The molecule has 0 aliphatic carbocycles. The number of hydrogen-bond acceptors (Lipinski definition) is 6. The van der Waals surface area contributed by atoms with E-state index in [0.29, 0.717) is 18.2 Å². The molecule has 4 rings (SSSR count). The predicted octanol–water partition coefficient (Wildman–Crippen LogP) is 3.53. The van der Waals surface area contributed by atoms with Crippen molar-refractivity contribution >= 4 is 5.97 Å². The first-order chi connectivity index (χ1) is 15.6. The van der Waals surface area contributed by atoms with Crippen molar-refractivity contribution in [3.8, 4) is 22.5 Å². The number of hydrogen-bond donors (Lipinski definition) is 2. The van der Waals surface area contributed by atoms with Crippen molar-refractivity contribution in [3.63, 3.8) is 0 Å². The van der Waals surface area contributed by atoms with Gasteiger partial charge in [0.05, 0.1) is 6.54 Å². The molecule has 0 radical (unpaired) electrons. The Morgan fingerprint density at radius 1 is 1.06 bits per heavy atom. The highest BCUT2D eigenvalue weighted by atomic mass is 16.4. The number of rotatable bonds is 10. The van der Waals surface area contributed by atoms with E-state index < -0.39 is 5.97 Å². The van der Waals surface area contributed by atoms with Gasteiger partial charge in [0, 0.05) is 12.0 Å². The average molecular weight is 432 g/mol. The molecule has 9 nitrogen and oxygen atoms in total. The zero-order valence-corrected chi connectivity index (χ0v) is 17.9. The van der Waals surface area contributed by atoms with Crippen molar-refractivity contribution in [2.24, 2.45) is 0 Å². The predicted molar refractivity (Wildman–Crippen MR) is 119 cm³/mol. The van der Waals surface area contributed by atoms with E-state index in [4.69, 9.17) is 5.11 Å². The lowest BCUT2D eigenvalue weighted by atomic mass is 9.98. The largest absolute Gasteiger partial charge is 0.481 e. The number of carboxylic acids is 1. The van der Waals surface area contributed by atoms with E-state index in [1.54, 1.807) is 0 Å². The van der Waals surface area contributed by atoms with Gasteiger partial charge in [-0.25, -0.2) is 9.67 Å².